The maximum atomic E-state index is 11.3. The van der Waals surface area contributed by atoms with Crippen LogP contribution in [0.25, 0.3) is 0 Å². The van der Waals surface area contributed by atoms with Crippen LogP contribution in [0.1, 0.15) is 0 Å². The topological polar surface area (TPSA) is 87.9 Å². The van der Waals surface area contributed by atoms with E-state index in [2.05, 4.69) is 11.3 Å². The first kappa shape index (κ1) is 14.5. The van der Waals surface area contributed by atoms with Crippen LogP contribution < -0.4 is 9.47 Å². The molecule has 1 rings (SSSR count). The van der Waals surface area contributed by atoms with Crippen molar-refractivity contribution >= 4 is 11.7 Å². The molecule has 1 unspecified atom stereocenters. The fourth-order valence-corrected chi connectivity index (χ4v) is 1.31. The molecule has 1 aromatic carbocycles. The molecule has 0 saturated carbocycles. The van der Waals surface area contributed by atoms with Gasteiger partial charge >= 0.3 is 11.7 Å². The third kappa shape index (κ3) is 3.44. The maximum absolute atomic E-state index is 11.3. The molecular formula is C12H13NO6. The molecule has 0 bridgehead atoms. The van der Waals surface area contributed by atoms with Crippen LogP contribution in [0.15, 0.2) is 30.9 Å². The Morgan fingerprint density at radius 3 is 2.63 bits per heavy atom. The van der Waals surface area contributed by atoms with Gasteiger partial charge in [0.25, 0.3) is 0 Å². The highest BCUT2D eigenvalue weighted by Crippen LogP contribution is 2.31. The van der Waals surface area contributed by atoms with Gasteiger partial charge in [-0.15, -0.1) is 0 Å². The Balaban J connectivity index is 3.09. The van der Waals surface area contributed by atoms with E-state index in [4.69, 9.17) is 9.47 Å². The summed E-state index contributed by atoms with van der Waals surface area (Å²) in [5.41, 5.74) is -0.310. The summed E-state index contributed by atoms with van der Waals surface area (Å²) in [6.45, 7) is 3.41. The largest absolute Gasteiger partial charge is 0.496 e. The lowest BCUT2D eigenvalue weighted by Gasteiger charge is -2.13. The Morgan fingerprint density at radius 2 is 2.16 bits per heavy atom. The Labute approximate surface area is 109 Å². The molecule has 0 aliphatic rings. The molecule has 0 heterocycles. The number of benzene rings is 1. The number of carbonyl (C=O) groups is 1. The van der Waals surface area contributed by atoms with Gasteiger partial charge in [0.2, 0.25) is 6.10 Å². The van der Waals surface area contributed by atoms with Crippen molar-refractivity contribution in [2.45, 2.75) is 6.10 Å². The minimum atomic E-state index is -1.11. The van der Waals surface area contributed by atoms with Crippen molar-refractivity contribution in [1.82, 2.24) is 0 Å². The van der Waals surface area contributed by atoms with Crippen molar-refractivity contribution in [2.24, 2.45) is 0 Å². The molecule has 19 heavy (non-hydrogen) atoms. The molecule has 0 saturated heterocycles. The zero-order chi connectivity index (χ0) is 14.4. The molecule has 0 radical (unpaired) electrons. The lowest BCUT2D eigenvalue weighted by molar-refractivity contribution is -0.386. The first-order valence-electron chi connectivity index (χ1n) is 5.23. The lowest BCUT2D eigenvalue weighted by atomic mass is 10.2. The van der Waals surface area contributed by atoms with Crippen molar-refractivity contribution < 1.29 is 23.9 Å². The smallest absolute Gasteiger partial charge is 0.351 e. The molecular weight excluding hydrogens is 254 g/mol. The first-order chi connectivity index (χ1) is 9.03. The molecule has 0 spiro atoms. The third-order valence-electron chi connectivity index (χ3n) is 2.26. The quantitative estimate of drug-likeness (QED) is 0.337. The van der Waals surface area contributed by atoms with Gasteiger partial charge in [-0.1, -0.05) is 6.58 Å². The molecule has 0 fully saturated rings. The van der Waals surface area contributed by atoms with Crippen LogP contribution in [0.5, 0.6) is 11.5 Å². The van der Waals surface area contributed by atoms with Crippen molar-refractivity contribution in [3.8, 4) is 11.5 Å². The molecule has 1 atom stereocenters. The van der Waals surface area contributed by atoms with Gasteiger partial charge in [-0.05, 0) is 18.2 Å². The molecule has 1 aromatic rings. The first-order valence-corrected chi connectivity index (χ1v) is 5.23. The van der Waals surface area contributed by atoms with E-state index in [0.29, 0.717) is 5.75 Å². The van der Waals surface area contributed by atoms with Crippen LogP contribution in [0.2, 0.25) is 0 Å². The molecule has 0 aromatic heterocycles. The number of hydrogen-bond acceptors (Lipinski definition) is 6. The predicted octanol–water partition coefficient (Wildman–Crippen LogP) is 1.71. The zero-order valence-electron chi connectivity index (χ0n) is 10.5. The van der Waals surface area contributed by atoms with Gasteiger partial charge in [-0.25, -0.2) is 4.79 Å². The fourth-order valence-electron chi connectivity index (χ4n) is 1.31. The Bertz CT molecular complexity index is 499. The van der Waals surface area contributed by atoms with E-state index < -0.39 is 17.0 Å². The van der Waals surface area contributed by atoms with Crippen LogP contribution >= 0.6 is 0 Å². The summed E-state index contributed by atoms with van der Waals surface area (Å²) < 4.78 is 14.6. The molecule has 0 aliphatic heterocycles. The van der Waals surface area contributed by atoms with E-state index in [0.717, 1.165) is 0 Å². The number of rotatable bonds is 6. The van der Waals surface area contributed by atoms with Crippen molar-refractivity contribution in [2.75, 3.05) is 14.2 Å². The predicted molar refractivity (Wildman–Crippen MR) is 66.3 cm³/mol. The second-order valence-corrected chi connectivity index (χ2v) is 3.39. The van der Waals surface area contributed by atoms with Gasteiger partial charge in [0, 0.05) is 0 Å². The fraction of sp³-hybridized carbons (Fsp3) is 0.250. The van der Waals surface area contributed by atoms with Gasteiger partial charge in [0.15, 0.2) is 5.75 Å². The highest BCUT2D eigenvalue weighted by molar-refractivity contribution is 5.77. The van der Waals surface area contributed by atoms with Gasteiger partial charge in [-0.2, -0.15) is 0 Å². The van der Waals surface area contributed by atoms with E-state index in [-0.39, 0.29) is 11.4 Å². The lowest BCUT2D eigenvalue weighted by Crippen LogP contribution is -2.26. The van der Waals surface area contributed by atoms with Gasteiger partial charge in [0.05, 0.1) is 25.2 Å². The number of nitro benzene ring substituents is 1. The maximum Gasteiger partial charge on any atom is 0.351 e. The van der Waals surface area contributed by atoms with Crippen molar-refractivity contribution in [3.05, 3.63) is 41.0 Å². The van der Waals surface area contributed by atoms with Crippen LogP contribution in [-0.2, 0) is 9.53 Å². The van der Waals surface area contributed by atoms with E-state index in [1.54, 1.807) is 0 Å². The van der Waals surface area contributed by atoms with E-state index in [1.807, 2.05) is 0 Å². The van der Waals surface area contributed by atoms with Crippen LogP contribution in [0.3, 0.4) is 0 Å². The summed E-state index contributed by atoms with van der Waals surface area (Å²) in [5, 5.41) is 10.9. The number of methoxy groups -OCH3 is 2. The second kappa shape index (κ2) is 6.39. The number of ether oxygens (including phenoxy) is 3. The van der Waals surface area contributed by atoms with Crippen LogP contribution in [0.4, 0.5) is 5.69 Å². The minimum absolute atomic E-state index is 0.0684. The molecule has 0 N–H and O–H groups in total. The average molecular weight is 267 g/mol. The number of esters is 1. The number of carbonyl (C=O) groups excluding carboxylic acids is 1. The summed E-state index contributed by atoms with van der Waals surface area (Å²) in [6.07, 6.45) is 0.0804. The number of nitro groups is 1. The Kier molecular flexibility index (Phi) is 4.87. The van der Waals surface area contributed by atoms with E-state index >= 15 is 0 Å². The zero-order valence-corrected chi connectivity index (χ0v) is 10.5. The van der Waals surface area contributed by atoms with E-state index in [1.165, 1.54) is 38.5 Å². The summed E-state index contributed by atoms with van der Waals surface area (Å²) in [5.74, 6) is -0.450. The van der Waals surface area contributed by atoms with Crippen LogP contribution in [-0.4, -0.2) is 31.2 Å². The highest BCUT2D eigenvalue weighted by atomic mass is 16.6. The molecule has 7 nitrogen and oxygen atoms in total. The average Bonchev–Trinajstić information content (AvgIpc) is 2.43. The summed E-state index contributed by atoms with van der Waals surface area (Å²) in [6, 6.07) is 4.03. The highest BCUT2D eigenvalue weighted by Gasteiger charge is 2.23. The molecule has 0 amide bonds. The minimum Gasteiger partial charge on any atom is -0.496 e. The van der Waals surface area contributed by atoms with Crippen molar-refractivity contribution in [1.29, 1.82) is 0 Å². The van der Waals surface area contributed by atoms with Crippen molar-refractivity contribution in [3.63, 3.8) is 0 Å². The molecule has 0 aliphatic carbocycles. The second-order valence-electron chi connectivity index (χ2n) is 3.39. The normalized spacial score (nSPS) is 11.3. The monoisotopic (exact) mass is 267 g/mol. The molecule has 102 valence electrons. The SMILES string of the molecule is C=CC(Oc1ccc(OC)cc1[N+](=O)[O-])C(=O)OC. The standard InChI is InChI=1S/C12H13NO6/c1-4-10(12(14)18-3)19-11-6-5-8(17-2)7-9(11)13(15)16/h4-7,10H,1H2,2-3H3. The summed E-state index contributed by atoms with van der Waals surface area (Å²) in [4.78, 5) is 21.6. The van der Waals surface area contributed by atoms with Gasteiger partial charge in [0.1, 0.15) is 5.75 Å². The number of nitrogens with zero attached hydrogens (tertiary/aromatic N) is 1. The van der Waals surface area contributed by atoms with E-state index in [9.17, 15) is 14.9 Å². The number of hydrogen-bond donors (Lipinski definition) is 0. The van der Waals surface area contributed by atoms with Crippen LogP contribution in [0, 0.1) is 10.1 Å². The summed E-state index contributed by atoms with van der Waals surface area (Å²) >= 11 is 0. The Morgan fingerprint density at radius 1 is 1.47 bits per heavy atom. The third-order valence-corrected chi connectivity index (χ3v) is 2.26. The Hall–Kier alpha value is -2.57. The summed E-state index contributed by atoms with van der Waals surface area (Å²) in [7, 11) is 2.57. The molecule has 7 heteroatoms. The van der Waals surface area contributed by atoms with Gasteiger partial charge < -0.3 is 14.2 Å². The van der Waals surface area contributed by atoms with Gasteiger partial charge in [-0.3, -0.25) is 10.1 Å².